The van der Waals surface area contributed by atoms with E-state index < -0.39 is 0 Å². The number of nitrogens with one attached hydrogen (secondary N) is 2. The predicted octanol–water partition coefficient (Wildman–Crippen LogP) is 4.27. The minimum atomic E-state index is -0.0828. The molecule has 26 heavy (non-hydrogen) atoms. The maximum atomic E-state index is 13.1. The number of halogens is 1. The summed E-state index contributed by atoms with van der Waals surface area (Å²) in [6.45, 7) is 8.51. The Kier molecular flexibility index (Phi) is 7.66. The Labute approximate surface area is 159 Å². The van der Waals surface area contributed by atoms with Gasteiger partial charge in [0.15, 0.2) is 18.6 Å². The zero-order chi connectivity index (χ0) is 19.1. The summed E-state index contributed by atoms with van der Waals surface area (Å²) in [6.07, 6.45) is 8.21. The second kappa shape index (κ2) is 9.73. The standard InChI is InChI=1S/C19H27FN4OS/c1-5-16(23-18-13(3)24(26-20)11-14(18)12-25)19(22-6-2)15-9-7-8-10-17(15)21-4/h5,11-12,19,21-22H,1,6-10H2,2-4H3. The lowest BCUT2D eigenvalue weighted by molar-refractivity contribution is 0.112. The molecule has 1 atom stereocenters. The van der Waals surface area contributed by atoms with Gasteiger partial charge in [-0.2, -0.15) is 0 Å². The van der Waals surface area contributed by atoms with Crippen LogP contribution in [0.2, 0.25) is 0 Å². The quantitative estimate of drug-likeness (QED) is 0.498. The Morgan fingerprint density at radius 3 is 2.81 bits per heavy atom. The van der Waals surface area contributed by atoms with Crippen molar-refractivity contribution in [2.75, 3.05) is 13.6 Å². The molecule has 0 saturated carbocycles. The number of aromatic nitrogens is 1. The summed E-state index contributed by atoms with van der Waals surface area (Å²) in [5.41, 5.74) is 4.72. The van der Waals surface area contributed by atoms with Gasteiger partial charge in [-0.3, -0.25) is 8.77 Å². The van der Waals surface area contributed by atoms with Gasteiger partial charge in [-0.05, 0) is 50.8 Å². The van der Waals surface area contributed by atoms with E-state index in [2.05, 4.69) is 24.1 Å². The van der Waals surface area contributed by atoms with Gasteiger partial charge in [0.2, 0.25) is 0 Å². The highest BCUT2D eigenvalue weighted by Gasteiger charge is 2.24. The molecule has 2 N–H and O–H groups in total. The molecule has 1 aromatic rings. The summed E-state index contributed by atoms with van der Waals surface area (Å²) in [7, 11) is 1.95. The molecular weight excluding hydrogens is 351 g/mol. The first kappa shape index (κ1) is 20.5. The maximum absolute atomic E-state index is 13.1. The molecule has 7 heteroatoms. The van der Waals surface area contributed by atoms with Crippen molar-refractivity contribution >= 4 is 30.0 Å². The van der Waals surface area contributed by atoms with Gasteiger partial charge < -0.3 is 10.6 Å². The number of rotatable bonds is 9. The van der Waals surface area contributed by atoms with Crippen LogP contribution in [-0.4, -0.2) is 35.6 Å². The maximum Gasteiger partial charge on any atom is 0.169 e. The molecule has 1 unspecified atom stereocenters. The van der Waals surface area contributed by atoms with E-state index >= 15 is 0 Å². The van der Waals surface area contributed by atoms with E-state index in [1.54, 1.807) is 13.0 Å². The monoisotopic (exact) mass is 378 g/mol. The Morgan fingerprint density at radius 1 is 1.50 bits per heavy atom. The lowest BCUT2D eigenvalue weighted by Crippen LogP contribution is -2.39. The number of carbonyl (C=O) groups excluding carboxylic acids is 1. The lowest BCUT2D eigenvalue weighted by Gasteiger charge is -2.28. The topological polar surface area (TPSA) is 58.4 Å². The molecule has 0 fully saturated rings. The summed E-state index contributed by atoms with van der Waals surface area (Å²) in [5.74, 6) is 0. The molecule has 1 heterocycles. The van der Waals surface area contributed by atoms with E-state index in [4.69, 9.17) is 4.99 Å². The Bertz CT molecular complexity index is 723. The molecule has 1 aliphatic carbocycles. The first-order valence-corrected chi connectivity index (χ1v) is 9.58. The predicted molar refractivity (Wildman–Crippen MR) is 108 cm³/mol. The molecule has 1 aromatic heterocycles. The van der Waals surface area contributed by atoms with Crippen molar-refractivity contribution in [3.05, 3.63) is 41.4 Å². The fraction of sp³-hybridized carbons (Fsp3) is 0.474. The number of allylic oxidation sites excluding steroid dienone is 1. The summed E-state index contributed by atoms with van der Waals surface area (Å²) in [5, 5.41) is 6.81. The third-order valence-electron chi connectivity index (χ3n) is 4.72. The van der Waals surface area contributed by atoms with E-state index in [-0.39, 0.29) is 18.4 Å². The van der Waals surface area contributed by atoms with Gasteiger partial charge in [-0.15, -0.1) is 3.89 Å². The summed E-state index contributed by atoms with van der Waals surface area (Å²) < 4.78 is 14.4. The second-order valence-electron chi connectivity index (χ2n) is 6.22. The summed E-state index contributed by atoms with van der Waals surface area (Å²) in [4.78, 5) is 16.1. The van der Waals surface area contributed by atoms with Gasteiger partial charge in [0.25, 0.3) is 0 Å². The molecule has 0 saturated heterocycles. The highest BCUT2D eigenvalue weighted by Crippen LogP contribution is 2.31. The molecule has 5 nitrogen and oxygen atoms in total. The summed E-state index contributed by atoms with van der Waals surface area (Å²) in [6, 6.07) is -0.0828. The Balaban J connectivity index is 2.54. The van der Waals surface area contributed by atoms with E-state index in [0.717, 1.165) is 31.5 Å². The fourth-order valence-corrected chi connectivity index (χ4v) is 3.74. The average Bonchev–Trinajstić information content (AvgIpc) is 2.99. The highest BCUT2D eigenvalue weighted by molar-refractivity contribution is 7.92. The van der Waals surface area contributed by atoms with Gasteiger partial charge in [0.05, 0.1) is 28.7 Å². The normalized spacial score (nSPS) is 16.5. The number of aldehydes is 1. The number of hydrogen-bond donors (Lipinski definition) is 2. The molecular formula is C19H27FN4OS. The van der Waals surface area contributed by atoms with Crippen molar-refractivity contribution in [2.45, 2.75) is 45.6 Å². The van der Waals surface area contributed by atoms with E-state index in [1.165, 1.54) is 27.9 Å². The van der Waals surface area contributed by atoms with Crippen molar-refractivity contribution in [3.8, 4) is 0 Å². The van der Waals surface area contributed by atoms with Gasteiger partial charge in [-0.1, -0.05) is 13.5 Å². The minimum Gasteiger partial charge on any atom is -0.391 e. The molecule has 0 spiro atoms. The van der Waals surface area contributed by atoms with Crippen molar-refractivity contribution in [1.29, 1.82) is 0 Å². The average molecular weight is 379 g/mol. The number of carbonyl (C=O) groups is 1. The zero-order valence-corrected chi connectivity index (χ0v) is 16.5. The molecule has 0 bridgehead atoms. The van der Waals surface area contributed by atoms with Crippen molar-refractivity contribution < 1.29 is 8.68 Å². The minimum absolute atomic E-state index is 0.0590. The van der Waals surface area contributed by atoms with Gasteiger partial charge in [0, 0.05) is 18.9 Å². The summed E-state index contributed by atoms with van der Waals surface area (Å²) >= 11 is 0.0590. The highest BCUT2D eigenvalue weighted by atomic mass is 32.2. The number of nitrogens with zero attached hydrogens (tertiary/aromatic N) is 2. The van der Waals surface area contributed by atoms with E-state index in [0.29, 0.717) is 23.2 Å². The van der Waals surface area contributed by atoms with Crippen molar-refractivity contribution in [2.24, 2.45) is 4.99 Å². The van der Waals surface area contributed by atoms with Crippen LogP contribution >= 0.6 is 12.3 Å². The van der Waals surface area contributed by atoms with Crippen LogP contribution in [0.15, 0.2) is 35.1 Å². The number of hydrogen-bond acceptors (Lipinski definition) is 5. The fourth-order valence-electron chi connectivity index (χ4n) is 3.40. The first-order valence-electron chi connectivity index (χ1n) is 8.91. The van der Waals surface area contributed by atoms with Crippen LogP contribution < -0.4 is 10.6 Å². The van der Waals surface area contributed by atoms with Crippen LogP contribution in [-0.2, 0) is 0 Å². The van der Waals surface area contributed by atoms with Crippen LogP contribution in [0.1, 0.15) is 48.7 Å². The van der Waals surface area contributed by atoms with Gasteiger partial charge >= 0.3 is 0 Å². The van der Waals surface area contributed by atoms with Gasteiger partial charge in [-0.25, -0.2) is 4.99 Å². The molecule has 0 radical (unpaired) electrons. The zero-order valence-electron chi connectivity index (χ0n) is 15.6. The van der Waals surface area contributed by atoms with Crippen LogP contribution in [0.3, 0.4) is 0 Å². The molecule has 0 aromatic carbocycles. The molecule has 1 aliphatic rings. The van der Waals surface area contributed by atoms with Crippen LogP contribution in [0.25, 0.3) is 0 Å². The van der Waals surface area contributed by atoms with E-state index in [9.17, 15) is 8.68 Å². The number of likely N-dealkylation sites (N-methyl/N-ethyl adjacent to an activating group) is 1. The largest absolute Gasteiger partial charge is 0.391 e. The van der Waals surface area contributed by atoms with Crippen LogP contribution in [0, 0.1) is 6.92 Å². The Hall–Kier alpha value is -1.86. The molecule has 142 valence electrons. The first-order chi connectivity index (χ1) is 12.6. The molecule has 2 rings (SSSR count). The van der Waals surface area contributed by atoms with E-state index in [1.807, 2.05) is 7.05 Å². The van der Waals surface area contributed by atoms with Gasteiger partial charge in [0.1, 0.15) is 0 Å². The van der Waals surface area contributed by atoms with Crippen molar-refractivity contribution in [1.82, 2.24) is 14.6 Å². The lowest BCUT2D eigenvalue weighted by atomic mass is 9.88. The van der Waals surface area contributed by atoms with Crippen LogP contribution in [0.5, 0.6) is 0 Å². The molecule has 0 aliphatic heterocycles. The van der Waals surface area contributed by atoms with Crippen LogP contribution in [0.4, 0.5) is 9.57 Å². The third kappa shape index (κ3) is 4.27. The molecule has 0 amide bonds. The SMILES string of the molecule is C=CC(=Nc1c(C=O)cn(SF)c1C)C(NCC)C1=C(NC)CCCC1. The Morgan fingerprint density at radius 2 is 2.23 bits per heavy atom. The van der Waals surface area contributed by atoms with Crippen molar-refractivity contribution in [3.63, 3.8) is 0 Å². The second-order valence-corrected chi connectivity index (χ2v) is 6.75. The third-order valence-corrected chi connectivity index (χ3v) is 5.25. The number of aliphatic imine (C=N–C) groups is 1. The smallest absolute Gasteiger partial charge is 0.169 e.